The molecule has 19 heavy (non-hydrogen) atoms. The fourth-order valence-electron chi connectivity index (χ4n) is 1.41. The molecule has 5 nitrogen and oxygen atoms in total. The summed E-state index contributed by atoms with van der Waals surface area (Å²) in [6.45, 7) is 3.97. The first-order valence-electron chi connectivity index (χ1n) is 6.13. The molecular weight excluding hydrogens is 261 g/mol. The topological polar surface area (TPSA) is 52.0 Å². The van der Waals surface area contributed by atoms with Crippen molar-refractivity contribution in [2.75, 3.05) is 13.2 Å². The van der Waals surface area contributed by atoms with Crippen LogP contribution in [0.1, 0.15) is 26.1 Å². The van der Waals surface area contributed by atoms with Crippen LogP contribution < -0.4 is 5.32 Å². The Morgan fingerprint density at radius 3 is 2.79 bits per heavy atom. The highest BCUT2D eigenvalue weighted by Crippen LogP contribution is 2.14. The first kappa shape index (κ1) is 15.9. The lowest BCUT2D eigenvalue weighted by Gasteiger charge is -2.10. The van der Waals surface area contributed by atoms with Crippen molar-refractivity contribution < 1.29 is 17.9 Å². The van der Waals surface area contributed by atoms with Crippen molar-refractivity contribution in [1.29, 1.82) is 0 Å². The van der Waals surface area contributed by atoms with Gasteiger partial charge in [0.1, 0.15) is 18.8 Å². The van der Waals surface area contributed by atoms with Crippen LogP contribution in [-0.2, 0) is 17.8 Å². The number of nitrogens with one attached hydrogen (secondary N) is 1. The highest BCUT2D eigenvalue weighted by atomic mass is 19.4. The van der Waals surface area contributed by atoms with Gasteiger partial charge in [-0.2, -0.15) is 18.3 Å². The third-order valence-electron chi connectivity index (χ3n) is 2.29. The maximum Gasteiger partial charge on any atom is 0.411 e. The number of ether oxygens (including phenoxy) is 1. The number of aryl methyl sites for hydroxylation is 1. The summed E-state index contributed by atoms with van der Waals surface area (Å²) in [7, 11) is 0. The zero-order valence-electron chi connectivity index (χ0n) is 11.1. The van der Waals surface area contributed by atoms with Gasteiger partial charge in [-0.25, -0.2) is 9.67 Å². The molecule has 0 saturated heterocycles. The van der Waals surface area contributed by atoms with E-state index in [9.17, 15) is 13.2 Å². The molecule has 0 amide bonds. The van der Waals surface area contributed by atoms with Crippen molar-refractivity contribution in [3.05, 3.63) is 12.2 Å². The van der Waals surface area contributed by atoms with Crippen LogP contribution in [0.4, 0.5) is 13.2 Å². The average Bonchev–Trinajstić information content (AvgIpc) is 2.72. The third-order valence-corrected chi connectivity index (χ3v) is 2.29. The fraction of sp³-hybridized carbons (Fsp3) is 0.818. The van der Waals surface area contributed by atoms with E-state index in [0.717, 1.165) is 5.82 Å². The maximum absolute atomic E-state index is 11.8. The van der Waals surface area contributed by atoms with E-state index in [1.54, 1.807) is 4.68 Å². The van der Waals surface area contributed by atoms with Gasteiger partial charge in [0.25, 0.3) is 0 Å². The smallest absolute Gasteiger partial charge is 0.372 e. The summed E-state index contributed by atoms with van der Waals surface area (Å²) in [4.78, 5) is 4.09. The first-order chi connectivity index (χ1) is 8.88. The summed E-state index contributed by atoms with van der Waals surface area (Å²) < 4.78 is 41.7. The quantitative estimate of drug-likeness (QED) is 0.737. The highest BCUT2D eigenvalue weighted by molar-refractivity contribution is 4.84. The lowest BCUT2D eigenvalue weighted by atomic mass is 10.4. The molecule has 1 aromatic heterocycles. The Morgan fingerprint density at radius 1 is 1.42 bits per heavy atom. The Morgan fingerprint density at radius 2 is 2.16 bits per heavy atom. The molecule has 0 bridgehead atoms. The van der Waals surface area contributed by atoms with Gasteiger partial charge in [-0.1, -0.05) is 13.8 Å². The molecule has 0 aliphatic carbocycles. The molecule has 0 saturated carbocycles. The van der Waals surface area contributed by atoms with E-state index in [-0.39, 0.29) is 6.61 Å². The standard InChI is InChI=1S/C11H19F3N4O/c1-9(2)15-6-10-16-8-17-18(10)4-3-5-19-7-11(12,13)14/h8-9,15H,3-7H2,1-2H3. The van der Waals surface area contributed by atoms with Gasteiger partial charge in [0.15, 0.2) is 0 Å². The number of hydrogen-bond acceptors (Lipinski definition) is 4. The van der Waals surface area contributed by atoms with Crippen molar-refractivity contribution >= 4 is 0 Å². The summed E-state index contributed by atoms with van der Waals surface area (Å²) in [5, 5.41) is 7.23. The zero-order valence-corrected chi connectivity index (χ0v) is 11.1. The summed E-state index contributed by atoms with van der Waals surface area (Å²) in [5.41, 5.74) is 0. The minimum atomic E-state index is -4.26. The van der Waals surface area contributed by atoms with Crippen LogP contribution in [0.5, 0.6) is 0 Å². The lowest BCUT2D eigenvalue weighted by Crippen LogP contribution is -2.24. The third kappa shape index (κ3) is 7.12. The highest BCUT2D eigenvalue weighted by Gasteiger charge is 2.27. The minimum absolute atomic E-state index is 0.0520. The predicted molar refractivity (Wildman–Crippen MR) is 63.5 cm³/mol. The van der Waals surface area contributed by atoms with E-state index in [4.69, 9.17) is 0 Å². The Kier molecular flexibility index (Phi) is 6.23. The summed E-state index contributed by atoms with van der Waals surface area (Å²) in [6, 6.07) is 0.334. The molecule has 1 aromatic rings. The largest absolute Gasteiger partial charge is 0.411 e. The molecule has 0 aliphatic rings. The molecule has 0 aliphatic heterocycles. The summed E-state index contributed by atoms with van der Waals surface area (Å²) >= 11 is 0. The molecule has 1 heterocycles. The average molecular weight is 280 g/mol. The Bertz CT molecular complexity index is 365. The Balaban J connectivity index is 2.24. The van der Waals surface area contributed by atoms with E-state index in [1.165, 1.54) is 6.33 Å². The van der Waals surface area contributed by atoms with Gasteiger partial charge in [-0.3, -0.25) is 0 Å². The van der Waals surface area contributed by atoms with Crippen molar-refractivity contribution in [3.8, 4) is 0 Å². The van der Waals surface area contributed by atoms with Gasteiger partial charge in [-0.05, 0) is 6.42 Å². The van der Waals surface area contributed by atoms with Crippen molar-refractivity contribution in [1.82, 2.24) is 20.1 Å². The second-order valence-corrected chi connectivity index (χ2v) is 4.46. The van der Waals surface area contributed by atoms with E-state index in [2.05, 4.69) is 20.1 Å². The lowest BCUT2D eigenvalue weighted by molar-refractivity contribution is -0.174. The number of hydrogen-bond donors (Lipinski definition) is 1. The molecule has 0 atom stereocenters. The second-order valence-electron chi connectivity index (χ2n) is 4.46. The fourth-order valence-corrected chi connectivity index (χ4v) is 1.41. The molecular formula is C11H19F3N4O. The molecule has 0 spiro atoms. The van der Waals surface area contributed by atoms with E-state index >= 15 is 0 Å². The van der Waals surface area contributed by atoms with Gasteiger partial charge < -0.3 is 10.1 Å². The monoisotopic (exact) mass is 280 g/mol. The van der Waals surface area contributed by atoms with Crippen LogP contribution in [0.25, 0.3) is 0 Å². The van der Waals surface area contributed by atoms with Crippen LogP contribution in [-0.4, -0.2) is 40.2 Å². The van der Waals surface area contributed by atoms with Gasteiger partial charge in [0, 0.05) is 19.2 Å². The zero-order chi connectivity index (χ0) is 14.3. The van der Waals surface area contributed by atoms with Crippen LogP contribution in [0.3, 0.4) is 0 Å². The van der Waals surface area contributed by atoms with Gasteiger partial charge in [0.2, 0.25) is 0 Å². The number of alkyl halides is 3. The number of nitrogens with zero attached hydrogens (tertiary/aromatic N) is 3. The molecule has 0 fully saturated rings. The number of rotatable bonds is 8. The van der Waals surface area contributed by atoms with Crippen molar-refractivity contribution in [2.24, 2.45) is 0 Å². The molecule has 1 rings (SSSR count). The molecule has 0 aromatic carbocycles. The number of halogens is 3. The van der Waals surface area contributed by atoms with Crippen LogP contribution in [0.15, 0.2) is 6.33 Å². The van der Waals surface area contributed by atoms with Crippen LogP contribution in [0, 0.1) is 0 Å². The Hall–Kier alpha value is -1.15. The van der Waals surface area contributed by atoms with E-state index in [1.807, 2.05) is 13.8 Å². The van der Waals surface area contributed by atoms with E-state index in [0.29, 0.717) is 25.6 Å². The molecule has 8 heteroatoms. The van der Waals surface area contributed by atoms with Crippen LogP contribution >= 0.6 is 0 Å². The molecule has 110 valence electrons. The van der Waals surface area contributed by atoms with Gasteiger partial charge >= 0.3 is 6.18 Å². The van der Waals surface area contributed by atoms with E-state index < -0.39 is 12.8 Å². The van der Waals surface area contributed by atoms with Crippen molar-refractivity contribution in [3.63, 3.8) is 0 Å². The molecule has 0 unspecified atom stereocenters. The predicted octanol–water partition coefficient (Wildman–Crippen LogP) is 1.75. The number of aromatic nitrogens is 3. The SMILES string of the molecule is CC(C)NCc1ncnn1CCCOCC(F)(F)F. The second kappa shape index (κ2) is 7.44. The maximum atomic E-state index is 11.8. The Labute approximate surface area is 110 Å². The minimum Gasteiger partial charge on any atom is -0.372 e. The summed E-state index contributed by atoms with van der Waals surface area (Å²) in [6.07, 6.45) is -2.36. The molecule has 1 N–H and O–H groups in total. The van der Waals surface area contributed by atoms with Gasteiger partial charge in [-0.15, -0.1) is 0 Å². The van der Waals surface area contributed by atoms with Crippen molar-refractivity contribution in [2.45, 2.75) is 45.6 Å². The van der Waals surface area contributed by atoms with Crippen LogP contribution in [0.2, 0.25) is 0 Å². The normalized spacial score (nSPS) is 12.3. The summed E-state index contributed by atoms with van der Waals surface area (Å²) in [5.74, 6) is 0.768. The molecule has 0 radical (unpaired) electrons. The van der Waals surface area contributed by atoms with Gasteiger partial charge in [0.05, 0.1) is 6.54 Å². The first-order valence-corrected chi connectivity index (χ1v) is 6.13.